The number of carbonyl (C=O) groups is 1. The normalized spacial score (nSPS) is 18.7. The lowest BCUT2D eigenvalue weighted by Crippen LogP contribution is -2.41. The Kier molecular flexibility index (Phi) is 3.89. The fraction of sp³-hybridized carbons (Fsp3) is 0.500. The Morgan fingerprint density at radius 1 is 1.38 bits per heavy atom. The molecule has 0 radical (unpaired) electrons. The average molecular weight is 286 g/mol. The van der Waals surface area contributed by atoms with Gasteiger partial charge in [-0.25, -0.2) is 19.6 Å². The molecule has 2 aromatic heterocycles. The second-order valence-electron chi connectivity index (χ2n) is 5.16. The third-order valence-electron chi connectivity index (χ3n) is 3.85. The molecule has 2 aromatic rings. The van der Waals surface area contributed by atoms with Gasteiger partial charge in [0.1, 0.15) is 19.0 Å². The first kappa shape index (κ1) is 13.7. The molecule has 0 unspecified atom stereocenters. The van der Waals surface area contributed by atoms with Crippen LogP contribution in [0.5, 0.6) is 0 Å². The van der Waals surface area contributed by atoms with Crippen LogP contribution in [0.25, 0.3) is 0 Å². The zero-order chi connectivity index (χ0) is 14.7. The quantitative estimate of drug-likeness (QED) is 0.844. The lowest BCUT2D eigenvalue weighted by molar-refractivity contribution is 0.0670. The Hall–Kier alpha value is -2.31. The van der Waals surface area contributed by atoms with E-state index in [4.69, 9.17) is 0 Å². The highest BCUT2D eigenvalue weighted by atomic mass is 16.2. The summed E-state index contributed by atoms with van der Waals surface area (Å²) in [6.45, 7) is 3.41. The Balaban J connectivity index is 1.78. The van der Waals surface area contributed by atoms with E-state index in [1.165, 1.54) is 12.7 Å². The first-order valence-electron chi connectivity index (χ1n) is 7.22. The van der Waals surface area contributed by atoms with Crippen molar-refractivity contribution in [3.8, 4) is 0 Å². The Morgan fingerprint density at radius 2 is 2.29 bits per heavy atom. The van der Waals surface area contributed by atoms with Gasteiger partial charge in [0.2, 0.25) is 0 Å². The van der Waals surface area contributed by atoms with Crippen molar-refractivity contribution in [2.75, 3.05) is 13.1 Å². The van der Waals surface area contributed by atoms with Gasteiger partial charge in [0.05, 0.1) is 17.3 Å². The molecule has 1 saturated heterocycles. The van der Waals surface area contributed by atoms with Crippen LogP contribution in [0.1, 0.15) is 41.9 Å². The van der Waals surface area contributed by atoms with Crippen LogP contribution in [-0.4, -0.2) is 48.6 Å². The minimum absolute atomic E-state index is 0.0114. The number of piperidine rings is 1. The average Bonchev–Trinajstić information content (AvgIpc) is 3.09. The smallest absolute Gasteiger partial charge is 0.257 e. The Morgan fingerprint density at radius 3 is 3.05 bits per heavy atom. The molecule has 1 fully saturated rings. The van der Waals surface area contributed by atoms with Gasteiger partial charge in [-0.15, -0.1) is 0 Å². The van der Waals surface area contributed by atoms with Gasteiger partial charge in [0.15, 0.2) is 0 Å². The molecule has 0 N–H and O–H groups in total. The first-order valence-corrected chi connectivity index (χ1v) is 7.22. The van der Waals surface area contributed by atoms with Gasteiger partial charge in [0, 0.05) is 19.3 Å². The molecule has 21 heavy (non-hydrogen) atoms. The van der Waals surface area contributed by atoms with Gasteiger partial charge in [-0.1, -0.05) is 6.92 Å². The van der Waals surface area contributed by atoms with Gasteiger partial charge >= 0.3 is 0 Å². The summed E-state index contributed by atoms with van der Waals surface area (Å²) in [6.07, 6.45) is 9.05. The van der Waals surface area contributed by atoms with E-state index in [1.54, 1.807) is 12.5 Å². The molecule has 0 spiro atoms. The summed E-state index contributed by atoms with van der Waals surface area (Å²) >= 11 is 0. The maximum absolute atomic E-state index is 12.7. The number of aryl methyl sites for hydroxylation is 1. The fourth-order valence-electron chi connectivity index (χ4n) is 2.75. The monoisotopic (exact) mass is 286 g/mol. The number of nitrogens with zero attached hydrogens (tertiary/aromatic N) is 6. The first-order chi connectivity index (χ1) is 10.3. The summed E-state index contributed by atoms with van der Waals surface area (Å²) in [5.74, 6) is 0.0114. The highest BCUT2D eigenvalue weighted by Gasteiger charge is 2.27. The standard InChI is InChI=1S/C14H18N6O/c1-2-13-12(6-15-8-17-13)14(21)19-5-3-4-11(7-19)20-10-16-9-18-20/h6,8-11H,2-5,7H2,1H3/t11-/m0/s1. The molecule has 110 valence electrons. The highest BCUT2D eigenvalue weighted by Crippen LogP contribution is 2.22. The van der Waals surface area contributed by atoms with Gasteiger partial charge in [-0.05, 0) is 19.3 Å². The zero-order valence-corrected chi connectivity index (χ0v) is 12.0. The highest BCUT2D eigenvalue weighted by molar-refractivity contribution is 5.95. The second-order valence-corrected chi connectivity index (χ2v) is 5.16. The van der Waals surface area contributed by atoms with E-state index >= 15 is 0 Å². The number of carbonyl (C=O) groups excluding carboxylic acids is 1. The van der Waals surface area contributed by atoms with Crippen molar-refractivity contribution in [2.45, 2.75) is 32.2 Å². The molecule has 1 atom stereocenters. The zero-order valence-electron chi connectivity index (χ0n) is 12.0. The van der Waals surface area contributed by atoms with E-state index in [-0.39, 0.29) is 11.9 Å². The van der Waals surface area contributed by atoms with E-state index in [2.05, 4.69) is 20.1 Å². The minimum Gasteiger partial charge on any atom is -0.336 e. The summed E-state index contributed by atoms with van der Waals surface area (Å²) in [6, 6.07) is 0.194. The molecule has 1 aliphatic rings. The molecule has 7 nitrogen and oxygen atoms in total. The number of hydrogen-bond donors (Lipinski definition) is 0. The molecule has 0 bridgehead atoms. The number of likely N-dealkylation sites (tertiary alicyclic amines) is 1. The molecule has 1 aliphatic heterocycles. The maximum atomic E-state index is 12.7. The SMILES string of the molecule is CCc1ncncc1C(=O)N1CCC[C@H](n2cncn2)C1. The maximum Gasteiger partial charge on any atom is 0.257 e. The lowest BCUT2D eigenvalue weighted by atomic mass is 10.0. The van der Waals surface area contributed by atoms with E-state index in [0.29, 0.717) is 12.1 Å². The molecular formula is C14H18N6O. The van der Waals surface area contributed by atoms with Gasteiger partial charge in [-0.2, -0.15) is 5.10 Å². The molecule has 3 rings (SSSR count). The van der Waals surface area contributed by atoms with Crippen LogP contribution in [0.4, 0.5) is 0 Å². The van der Waals surface area contributed by atoms with Crippen molar-refractivity contribution >= 4 is 5.91 Å². The van der Waals surface area contributed by atoms with Crippen LogP contribution in [0.2, 0.25) is 0 Å². The van der Waals surface area contributed by atoms with Crippen molar-refractivity contribution in [3.63, 3.8) is 0 Å². The third kappa shape index (κ3) is 2.76. The van der Waals surface area contributed by atoms with Crippen molar-refractivity contribution < 1.29 is 4.79 Å². The molecular weight excluding hydrogens is 268 g/mol. The van der Waals surface area contributed by atoms with Crippen LogP contribution in [-0.2, 0) is 6.42 Å². The van der Waals surface area contributed by atoms with Crippen LogP contribution >= 0.6 is 0 Å². The van der Waals surface area contributed by atoms with Crippen molar-refractivity contribution in [3.05, 3.63) is 36.4 Å². The van der Waals surface area contributed by atoms with E-state index in [0.717, 1.165) is 31.5 Å². The van der Waals surface area contributed by atoms with E-state index < -0.39 is 0 Å². The summed E-state index contributed by atoms with van der Waals surface area (Å²) in [5, 5.41) is 4.18. The van der Waals surface area contributed by atoms with E-state index in [1.807, 2.05) is 16.5 Å². The van der Waals surface area contributed by atoms with Crippen LogP contribution in [0.3, 0.4) is 0 Å². The molecule has 0 aromatic carbocycles. The molecule has 3 heterocycles. The summed E-state index contributed by atoms with van der Waals surface area (Å²) < 4.78 is 1.83. The minimum atomic E-state index is 0.0114. The predicted octanol–water partition coefficient (Wildman–Crippen LogP) is 1.11. The van der Waals surface area contributed by atoms with Crippen molar-refractivity contribution in [1.29, 1.82) is 0 Å². The van der Waals surface area contributed by atoms with Crippen LogP contribution in [0.15, 0.2) is 25.2 Å². The van der Waals surface area contributed by atoms with Gasteiger partial charge < -0.3 is 4.90 Å². The number of rotatable bonds is 3. The Bertz CT molecular complexity index is 612. The molecule has 0 aliphatic carbocycles. The summed E-state index contributed by atoms with van der Waals surface area (Å²) in [7, 11) is 0. The van der Waals surface area contributed by atoms with Crippen LogP contribution in [0, 0.1) is 0 Å². The molecule has 1 amide bonds. The van der Waals surface area contributed by atoms with Crippen LogP contribution < -0.4 is 0 Å². The second kappa shape index (κ2) is 5.99. The predicted molar refractivity (Wildman–Crippen MR) is 75.6 cm³/mol. The van der Waals surface area contributed by atoms with E-state index in [9.17, 15) is 4.79 Å². The lowest BCUT2D eigenvalue weighted by Gasteiger charge is -2.32. The number of aromatic nitrogens is 5. The summed E-state index contributed by atoms with van der Waals surface area (Å²) in [4.78, 5) is 26.7. The molecule has 0 saturated carbocycles. The fourth-order valence-corrected chi connectivity index (χ4v) is 2.75. The number of hydrogen-bond acceptors (Lipinski definition) is 5. The summed E-state index contributed by atoms with van der Waals surface area (Å²) in [5.41, 5.74) is 1.41. The Labute approximate surface area is 123 Å². The van der Waals surface area contributed by atoms with Gasteiger partial charge in [-0.3, -0.25) is 4.79 Å². The number of amides is 1. The van der Waals surface area contributed by atoms with Gasteiger partial charge in [0.25, 0.3) is 5.91 Å². The third-order valence-corrected chi connectivity index (χ3v) is 3.85. The van der Waals surface area contributed by atoms with Crippen molar-refractivity contribution in [2.24, 2.45) is 0 Å². The topological polar surface area (TPSA) is 76.8 Å². The van der Waals surface area contributed by atoms with Crippen molar-refractivity contribution in [1.82, 2.24) is 29.6 Å². The largest absolute Gasteiger partial charge is 0.336 e. The molecule has 7 heteroatoms.